The summed E-state index contributed by atoms with van der Waals surface area (Å²) in [5, 5.41) is 0. The lowest BCUT2D eigenvalue weighted by atomic mass is 9.94. The van der Waals surface area contributed by atoms with Gasteiger partial charge in [-0.3, -0.25) is 0 Å². The van der Waals surface area contributed by atoms with Crippen LogP contribution in [0.5, 0.6) is 0 Å². The Morgan fingerprint density at radius 1 is 0.0808 bits per heavy atom. The van der Waals surface area contributed by atoms with E-state index in [2.05, 4.69) is 15.0 Å². The van der Waals surface area contributed by atoms with Gasteiger partial charge in [-0.1, -0.05) is 0 Å². The molecule has 0 aliphatic carbocycles. The van der Waals surface area contributed by atoms with Crippen molar-refractivity contribution in [1.29, 1.82) is 0 Å². The number of rotatable bonds is 9. The predicted molar refractivity (Wildman–Crippen MR) is 247 cm³/mol. The standard InChI is InChI=1S/C57F39N3/c58-16-1(17(59)23(65)7(22(16)64)10-34(76)46(88)52(94)47(89)35(10)77)4-28(70)40(82)13(41(83)29(4)71)55-97-56(14-42(84)30(72)5(31(73)43(14)85)2-18(60)24(66)8(25(67)19(2)61)11-36(78)48(90)53(95)49(91)37(11)79)99-57(98-55)15-44(86)32(74)6(33(75)45(15)87)3-20(62)26(68)9(27(69)21(3)63)12-38(80)50(92)54(96)51(93)39(12)81. The highest BCUT2D eigenvalue weighted by Gasteiger charge is 2.44. The van der Waals surface area contributed by atoms with Gasteiger partial charge in [-0.2, -0.15) is 0 Å². The Morgan fingerprint density at radius 3 is 0.232 bits per heavy atom. The first-order chi connectivity index (χ1) is 46.0. The van der Waals surface area contributed by atoms with Gasteiger partial charge in [0.15, 0.2) is 227 Å². The summed E-state index contributed by atoms with van der Waals surface area (Å²) in [6, 6.07) is 0. The van der Waals surface area contributed by atoms with Crippen molar-refractivity contribution in [3.63, 3.8) is 0 Å². The number of halogens is 39. The zero-order valence-corrected chi connectivity index (χ0v) is 44.6. The second kappa shape index (κ2) is 24.4. The fraction of sp³-hybridized carbons (Fsp3) is 0. The monoisotopic (exact) mass is 1470 g/mol. The van der Waals surface area contributed by atoms with Gasteiger partial charge in [0.1, 0.15) is 0 Å². The molecule has 1 heterocycles. The molecule has 9 aromatic carbocycles. The van der Waals surface area contributed by atoms with Crippen LogP contribution < -0.4 is 0 Å². The van der Waals surface area contributed by atoms with Crippen LogP contribution in [0, 0.1) is 227 Å². The zero-order valence-electron chi connectivity index (χ0n) is 44.6. The Morgan fingerprint density at radius 2 is 0.141 bits per heavy atom. The van der Waals surface area contributed by atoms with E-state index in [0.29, 0.717) is 0 Å². The van der Waals surface area contributed by atoms with Gasteiger partial charge in [0, 0.05) is 0 Å². The summed E-state index contributed by atoms with van der Waals surface area (Å²) < 4.78 is 597. The highest BCUT2D eigenvalue weighted by atomic mass is 19.2. The van der Waals surface area contributed by atoms with E-state index in [-0.39, 0.29) is 0 Å². The van der Waals surface area contributed by atoms with Gasteiger partial charge in [0.25, 0.3) is 0 Å². The number of benzene rings is 9. The molecule has 0 saturated heterocycles. The lowest BCUT2D eigenvalue weighted by Crippen LogP contribution is -2.14. The molecule has 516 valence electrons. The second-order valence-electron chi connectivity index (χ2n) is 19.2. The van der Waals surface area contributed by atoms with Crippen LogP contribution in [0.3, 0.4) is 0 Å². The number of nitrogens with zero attached hydrogens (tertiary/aromatic N) is 3. The van der Waals surface area contributed by atoms with Crippen LogP contribution in [0.2, 0.25) is 0 Å². The van der Waals surface area contributed by atoms with E-state index in [0.717, 1.165) is 0 Å². The molecule has 0 spiro atoms. The molecule has 0 unspecified atom stereocenters. The molecule has 0 radical (unpaired) electrons. The van der Waals surface area contributed by atoms with Crippen LogP contribution >= 0.6 is 0 Å². The van der Waals surface area contributed by atoms with Crippen molar-refractivity contribution in [3.05, 3.63) is 227 Å². The predicted octanol–water partition coefficient (Wildman–Crippen LogP) is 20.3. The van der Waals surface area contributed by atoms with Crippen molar-refractivity contribution in [3.8, 4) is 101 Å². The van der Waals surface area contributed by atoms with E-state index < -0.39 is 328 Å². The smallest absolute Gasteiger partial charge is 0.200 e. The van der Waals surface area contributed by atoms with E-state index >= 15 is 105 Å². The lowest BCUT2D eigenvalue weighted by molar-refractivity contribution is 0.379. The summed E-state index contributed by atoms with van der Waals surface area (Å²) in [6.07, 6.45) is 0. The summed E-state index contributed by atoms with van der Waals surface area (Å²) in [5.74, 6) is -143. The van der Waals surface area contributed by atoms with E-state index in [1.807, 2.05) is 0 Å². The number of aromatic nitrogens is 3. The molecule has 0 bridgehead atoms. The first-order valence-corrected chi connectivity index (χ1v) is 24.5. The lowest BCUT2D eigenvalue weighted by Gasteiger charge is -2.18. The molecule has 0 N–H and O–H groups in total. The summed E-state index contributed by atoms with van der Waals surface area (Å²) in [5.41, 5.74) is -46.4. The Balaban J connectivity index is 1.26. The van der Waals surface area contributed by atoms with Crippen LogP contribution in [0.1, 0.15) is 0 Å². The zero-order chi connectivity index (χ0) is 74.0. The molecule has 1 aromatic heterocycles. The molecular formula is C57F39N3. The van der Waals surface area contributed by atoms with E-state index in [1.54, 1.807) is 0 Å². The summed E-state index contributed by atoms with van der Waals surface area (Å²) in [4.78, 5) is 7.91. The minimum Gasteiger partial charge on any atom is -0.208 e. The number of hydrogen-bond acceptors (Lipinski definition) is 3. The highest BCUT2D eigenvalue weighted by molar-refractivity contribution is 5.82. The Labute approximate surface area is 513 Å². The number of hydrogen-bond donors (Lipinski definition) is 0. The van der Waals surface area contributed by atoms with Crippen LogP contribution in [0.25, 0.3) is 101 Å². The van der Waals surface area contributed by atoms with Gasteiger partial charge < -0.3 is 0 Å². The maximum absolute atomic E-state index is 16.5. The average Bonchev–Trinajstić information content (AvgIpc) is 0.734. The molecule has 0 saturated carbocycles. The first-order valence-electron chi connectivity index (χ1n) is 24.5. The molecule has 42 heteroatoms. The minimum absolute atomic E-state index is 2.64. The normalized spacial score (nSPS) is 11.8. The molecule has 0 atom stereocenters. The van der Waals surface area contributed by atoms with Gasteiger partial charge in [-0.15, -0.1) is 0 Å². The largest absolute Gasteiger partial charge is 0.208 e. The molecule has 99 heavy (non-hydrogen) atoms. The quantitative estimate of drug-likeness (QED) is 0.0821. The van der Waals surface area contributed by atoms with Gasteiger partial charge in [0.05, 0.1) is 83.5 Å². The molecule has 0 amide bonds. The van der Waals surface area contributed by atoms with E-state index in [4.69, 9.17) is 0 Å². The summed E-state index contributed by atoms with van der Waals surface area (Å²) >= 11 is 0. The van der Waals surface area contributed by atoms with Crippen molar-refractivity contribution in [2.24, 2.45) is 0 Å². The van der Waals surface area contributed by atoms with Crippen molar-refractivity contribution < 1.29 is 171 Å². The fourth-order valence-corrected chi connectivity index (χ4v) is 9.54. The van der Waals surface area contributed by atoms with Crippen LogP contribution in [-0.4, -0.2) is 15.0 Å². The molecular weight excluding hydrogens is 1470 g/mol. The topological polar surface area (TPSA) is 38.7 Å². The molecule has 0 aliphatic heterocycles. The molecule has 10 aromatic rings. The van der Waals surface area contributed by atoms with Crippen molar-refractivity contribution in [1.82, 2.24) is 15.0 Å². The van der Waals surface area contributed by atoms with E-state index in [9.17, 15) is 65.9 Å². The van der Waals surface area contributed by atoms with Gasteiger partial charge in [-0.25, -0.2) is 186 Å². The van der Waals surface area contributed by atoms with Crippen LogP contribution in [0.4, 0.5) is 171 Å². The van der Waals surface area contributed by atoms with Crippen LogP contribution in [-0.2, 0) is 0 Å². The Bertz CT molecular complexity index is 4580. The van der Waals surface area contributed by atoms with Crippen molar-refractivity contribution in [2.45, 2.75) is 0 Å². The maximum atomic E-state index is 16.5. The molecule has 0 aliphatic rings. The second-order valence-corrected chi connectivity index (χ2v) is 19.2. The van der Waals surface area contributed by atoms with Crippen molar-refractivity contribution >= 4 is 0 Å². The minimum atomic E-state index is -3.64. The van der Waals surface area contributed by atoms with E-state index in [1.165, 1.54) is 0 Å². The first kappa shape index (κ1) is 71.0. The third-order valence-electron chi connectivity index (χ3n) is 14.0. The molecule has 10 rings (SSSR count). The molecule has 0 fully saturated rings. The van der Waals surface area contributed by atoms with Gasteiger partial charge in [0.2, 0.25) is 17.5 Å². The average molecular weight is 1470 g/mol. The van der Waals surface area contributed by atoms with Gasteiger partial charge in [-0.05, 0) is 0 Å². The molecule has 3 nitrogen and oxygen atoms in total. The summed E-state index contributed by atoms with van der Waals surface area (Å²) in [7, 11) is 0. The Hall–Kier alpha value is -10.7. The highest BCUT2D eigenvalue weighted by Crippen LogP contribution is 2.50. The maximum Gasteiger partial charge on any atom is 0.200 e. The fourth-order valence-electron chi connectivity index (χ4n) is 9.54. The van der Waals surface area contributed by atoms with Crippen LogP contribution in [0.15, 0.2) is 0 Å². The SMILES string of the molecule is Fc1c(F)c(F)c(-c2c(F)c(F)c(-c3c(F)c(F)c(-c4nc(-c5c(F)c(F)c(-c6c(F)c(F)c(-c7c(F)c(F)c(F)c(F)c7F)c(F)c6F)c(F)c5F)nc(-c5c(F)c(F)c(-c6c(F)c(F)c(-c7c(F)c(F)c(F)c(F)c7F)c(F)c6F)c(F)c5F)n4)c(F)c3F)c(F)c2F)c(F)c1F. The third kappa shape index (κ3) is 9.89. The summed E-state index contributed by atoms with van der Waals surface area (Å²) in [6.45, 7) is 0. The van der Waals surface area contributed by atoms with Gasteiger partial charge >= 0.3 is 0 Å². The third-order valence-corrected chi connectivity index (χ3v) is 14.0. The van der Waals surface area contributed by atoms with Crippen molar-refractivity contribution in [2.75, 3.05) is 0 Å². The Kier molecular flexibility index (Phi) is 17.5.